The lowest BCUT2D eigenvalue weighted by Crippen LogP contribution is -2.25. The fraction of sp³-hybridized carbons (Fsp3) is 0.571. The van der Waals surface area contributed by atoms with Crippen molar-refractivity contribution in [1.29, 1.82) is 0 Å². The Labute approximate surface area is 108 Å². The SMILES string of the molecule is COC(C)(C)CCOc1ccc([C@@H](C)N)cc1F. The third-order valence-corrected chi connectivity index (χ3v) is 3.00. The van der Waals surface area contributed by atoms with Gasteiger partial charge in [0.2, 0.25) is 0 Å². The second-order valence-electron chi connectivity index (χ2n) is 5.04. The van der Waals surface area contributed by atoms with Crippen LogP contribution in [0.2, 0.25) is 0 Å². The molecule has 1 aromatic carbocycles. The number of rotatable bonds is 6. The highest BCUT2D eigenvalue weighted by Crippen LogP contribution is 2.22. The molecule has 0 aliphatic heterocycles. The zero-order chi connectivity index (χ0) is 13.8. The molecule has 0 heterocycles. The number of benzene rings is 1. The van der Waals surface area contributed by atoms with Gasteiger partial charge in [-0.25, -0.2) is 4.39 Å². The van der Waals surface area contributed by atoms with E-state index in [1.807, 2.05) is 20.8 Å². The number of nitrogens with two attached hydrogens (primary N) is 1. The summed E-state index contributed by atoms with van der Waals surface area (Å²) >= 11 is 0. The topological polar surface area (TPSA) is 44.5 Å². The van der Waals surface area contributed by atoms with Crippen LogP contribution in [-0.4, -0.2) is 19.3 Å². The molecule has 2 N–H and O–H groups in total. The Hall–Kier alpha value is -1.13. The first-order valence-electron chi connectivity index (χ1n) is 6.09. The van der Waals surface area contributed by atoms with Crippen molar-refractivity contribution in [3.05, 3.63) is 29.6 Å². The van der Waals surface area contributed by atoms with Crippen molar-refractivity contribution >= 4 is 0 Å². The summed E-state index contributed by atoms with van der Waals surface area (Å²) in [7, 11) is 1.65. The van der Waals surface area contributed by atoms with E-state index in [4.69, 9.17) is 15.2 Å². The fourth-order valence-electron chi connectivity index (χ4n) is 1.43. The summed E-state index contributed by atoms with van der Waals surface area (Å²) in [5, 5.41) is 0. The summed E-state index contributed by atoms with van der Waals surface area (Å²) in [4.78, 5) is 0. The zero-order valence-corrected chi connectivity index (χ0v) is 11.5. The summed E-state index contributed by atoms with van der Waals surface area (Å²) < 4.78 is 24.4. The molecule has 0 fully saturated rings. The molecule has 0 saturated heterocycles. The smallest absolute Gasteiger partial charge is 0.165 e. The van der Waals surface area contributed by atoms with Gasteiger partial charge in [-0.3, -0.25) is 0 Å². The fourth-order valence-corrected chi connectivity index (χ4v) is 1.43. The van der Waals surface area contributed by atoms with Gasteiger partial charge >= 0.3 is 0 Å². The van der Waals surface area contributed by atoms with Gasteiger partial charge in [-0.2, -0.15) is 0 Å². The minimum Gasteiger partial charge on any atom is -0.490 e. The van der Waals surface area contributed by atoms with Gasteiger partial charge in [0.15, 0.2) is 11.6 Å². The average Bonchev–Trinajstić information content (AvgIpc) is 2.31. The molecule has 18 heavy (non-hydrogen) atoms. The number of ether oxygens (including phenoxy) is 2. The van der Waals surface area contributed by atoms with Crippen molar-refractivity contribution in [3.8, 4) is 5.75 Å². The van der Waals surface area contributed by atoms with E-state index in [2.05, 4.69) is 0 Å². The molecule has 1 rings (SSSR count). The maximum Gasteiger partial charge on any atom is 0.165 e. The average molecular weight is 255 g/mol. The van der Waals surface area contributed by atoms with Crippen LogP contribution in [0.3, 0.4) is 0 Å². The van der Waals surface area contributed by atoms with Crippen molar-refractivity contribution in [3.63, 3.8) is 0 Å². The van der Waals surface area contributed by atoms with Crippen molar-refractivity contribution in [2.24, 2.45) is 5.73 Å². The second kappa shape index (κ2) is 6.16. The third kappa shape index (κ3) is 4.27. The normalized spacial score (nSPS) is 13.4. The van der Waals surface area contributed by atoms with Gasteiger partial charge in [0.1, 0.15) is 0 Å². The van der Waals surface area contributed by atoms with Gasteiger partial charge in [-0.15, -0.1) is 0 Å². The van der Waals surface area contributed by atoms with E-state index >= 15 is 0 Å². The minimum absolute atomic E-state index is 0.180. The molecule has 0 bridgehead atoms. The molecule has 0 radical (unpaired) electrons. The van der Waals surface area contributed by atoms with E-state index < -0.39 is 0 Å². The lowest BCUT2D eigenvalue weighted by molar-refractivity contribution is 0.00513. The molecule has 0 aromatic heterocycles. The number of halogens is 1. The minimum atomic E-state index is -0.375. The summed E-state index contributed by atoms with van der Waals surface area (Å²) in [6, 6.07) is 4.64. The first-order chi connectivity index (χ1) is 8.35. The predicted molar refractivity (Wildman–Crippen MR) is 70.2 cm³/mol. The Balaban J connectivity index is 2.58. The van der Waals surface area contributed by atoms with Crippen LogP contribution in [-0.2, 0) is 4.74 Å². The maximum atomic E-state index is 13.7. The van der Waals surface area contributed by atoms with Gasteiger partial charge in [-0.1, -0.05) is 6.07 Å². The van der Waals surface area contributed by atoms with Crippen LogP contribution in [0, 0.1) is 5.82 Å². The summed E-state index contributed by atoms with van der Waals surface area (Å²) in [5.41, 5.74) is 6.18. The van der Waals surface area contributed by atoms with Crippen LogP contribution in [0.1, 0.15) is 38.8 Å². The molecule has 0 spiro atoms. The van der Waals surface area contributed by atoms with Crippen molar-refractivity contribution in [2.45, 2.75) is 38.8 Å². The van der Waals surface area contributed by atoms with Crippen molar-refractivity contribution in [1.82, 2.24) is 0 Å². The molecule has 1 atom stereocenters. The third-order valence-electron chi connectivity index (χ3n) is 3.00. The molecule has 0 saturated carbocycles. The first-order valence-corrected chi connectivity index (χ1v) is 6.09. The van der Waals surface area contributed by atoms with Crippen LogP contribution in [0.5, 0.6) is 5.75 Å². The van der Waals surface area contributed by atoms with Gasteiger partial charge in [0.25, 0.3) is 0 Å². The molecule has 102 valence electrons. The quantitative estimate of drug-likeness (QED) is 0.849. The van der Waals surface area contributed by atoms with E-state index in [1.54, 1.807) is 19.2 Å². The van der Waals surface area contributed by atoms with Gasteiger partial charge in [0.05, 0.1) is 12.2 Å². The second-order valence-corrected chi connectivity index (χ2v) is 5.04. The molecule has 0 amide bonds. The maximum absolute atomic E-state index is 13.7. The van der Waals surface area contributed by atoms with Crippen LogP contribution >= 0.6 is 0 Å². The van der Waals surface area contributed by atoms with E-state index in [0.29, 0.717) is 13.0 Å². The van der Waals surface area contributed by atoms with Gasteiger partial charge < -0.3 is 15.2 Å². The first kappa shape index (κ1) is 14.9. The zero-order valence-electron chi connectivity index (χ0n) is 11.5. The predicted octanol–water partition coefficient (Wildman–Crippen LogP) is 3.04. The van der Waals surface area contributed by atoms with Crippen LogP contribution in [0.25, 0.3) is 0 Å². The van der Waals surface area contributed by atoms with Crippen LogP contribution < -0.4 is 10.5 Å². The molecule has 4 heteroatoms. The van der Waals surface area contributed by atoms with E-state index in [-0.39, 0.29) is 23.2 Å². The molecule has 0 aliphatic carbocycles. The Morgan fingerprint density at radius 2 is 2.06 bits per heavy atom. The molecule has 1 aromatic rings. The number of methoxy groups -OCH3 is 1. The van der Waals surface area contributed by atoms with E-state index in [1.165, 1.54) is 6.07 Å². The lowest BCUT2D eigenvalue weighted by Gasteiger charge is -2.22. The molecule has 0 unspecified atom stereocenters. The number of hydrogen-bond donors (Lipinski definition) is 1. The standard InChI is InChI=1S/C14H22FNO2/c1-10(16)11-5-6-13(12(15)9-11)18-8-7-14(2,3)17-4/h5-6,9-10H,7-8,16H2,1-4H3/t10-/m1/s1. The van der Waals surface area contributed by atoms with E-state index in [9.17, 15) is 4.39 Å². The van der Waals surface area contributed by atoms with Crippen LogP contribution in [0.15, 0.2) is 18.2 Å². The Morgan fingerprint density at radius 3 is 2.56 bits per heavy atom. The van der Waals surface area contributed by atoms with Gasteiger partial charge in [0, 0.05) is 19.6 Å². The summed E-state index contributed by atoms with van der Waals surface area (Å²) in [5.74, 6) is -0.119. The highest BCUT2D eigenvalue weighted by atomic mass is 19.1. The van der Waals surface area contributed by atoms with Crippen molar-refractivity contribution in [2.75, 3.05) is 13.7 Å². The summed E-state index contributed by atoms with van der Waals surface area (Å²) in [6.45, 7) is 6.16. The Kier molecular flexibility index (Phi) is 5.11. The molecule has 3 nitrogen and oxygen atoms in total. The lowest BCUT2D eigenvalue weighted by atomic mass is 10.1. The van der Waals surface area contributed by atoms with E-state index in [0.717, 1.165) is 5.56 Å². The summed E-state index contributed by atoms with van der Waals surface area (Å²) in [6.07, 6.45) is 0.692. The monoisotopic (exact) mass is 255 g/mol. The number of hydrogen-bond acceptors (Lipinski definition) is 3. The highest BCUT2D eigenvalue weighted by Gasteiger charge is 2.16. The molecule has 0 aliphatic rings. The Morgan fingerprint density at radius 1 is 1.39 bits per heavy atom. The van der Waals surface area contributed by atoms with Gasteiger partial charge in [-0.05, 0) is 38.5 Å². The molecular formula is C14H22FNO2. The Bertz CT molecular complexity index is 391. The highest BCUT2D eigenvalue weighted by molar-refractivity contribution is 5.30. The largest absolute Gasteiger partial charge is 0.490 e. The van der Waals surface area contributed by atoms with Crippen LogP contribution in [0.4, 0.5) is 4.39 Å². The van der Waals surface area contributed by atoms with Crippen molar-refractivity contribution < 1.29 is 13.9 Å². The molecular weight excluding hydrogens is 233 g/mol.